The fourth-order valence-corrected chi connectivity index (χ4v) is 3.89. The maximum Gasteiger partial charge on any atom is 0.227 e. The average molecular weight is 338 g/mol. The van der Waals surface area contributed by atoms with Crippen LogP contribution in [0, 0.1) is 5.92 Å². The van der Waals surface area contributed by atoms with Crippen molar-refractivity contribution in [2.24, 2.45) is 5.92 Å². The van der Waals surface area contributed by atoms with Crippen molar-refractivity contribution < 1.29 is 9.59 Å². The second-order valence-electron chi connectivity index (χ2n) is 7.08. The Balaban J connectivity index is 1.40. The summed E-state index contributed by atoms with van der Waals surface area (Å²) >= 11 is 0. The van der Waals surface area contributed by atoms with Crippen LogP contribution in [0.5, 0.6) is 0 Å². The summed E-state index contributed by atoms with van der Waals surface area (Å²) in [5.74, 6) is 0.394. The third-order valence-electron chi connectivity index (χ3n) is 5.42. The number of carbonyl (C=O) groups excluding carboxylic acids is 2. The van der Waals surface area contributed by atoms with Crippen LogP contribution >= 0.6 is 0 Å². The second-order valence-corrected chi connectivity index (χ2v) is 7.08. The number of aromatic nitrogens is 2. The van der Waals surface area contributed by atoms with Gasteiger partial charge in [0, 0.05) is 62.5 Å². The van der Waals surface area contributed by atoms with Crippen molar-refractivity contribution in [3.63, 3.8) is 0 Å². The SMILES string of the molecule is CN1C[C@@H](C(=O)N2CCC(c3cc4ncccc4cn3)CC2)CC1=O. The lowest BCUT2D eigenvalue weighted by molar-refractivity contribution is -0.136. The molecule has 2 aliphatic rings. The van der Waals surface area contributed by atoms with Gasteiger partial charge in [-0.05, 0) is 31.0 Å². The summed E-state index contributed by atoms with van der Waals surface area (Å²) in [4.78, 5) is 36.9. The largest absolute Gasteiger partial charge is 0.345 e. The monoisotopic (exact) mass is 338 g/mol. The summed E-state index contributed by atoms with van der Waals surface area (Å²) in [6, 6.07) is 6.00. The first-order chi connectivity index (χ1) is 12.1. The van der Waals surface area contributed by atoms with E-state index >= 15 is 0 Å². The molecule has 0 aromatic carbocycles. The molecule has 2 aliphatic heterocycles. The molecule has 130 valence electrons. The summed E-state index contributed by atoms with van der Waals surface area (Å²) in [6.45, 7) is 2.02. The van der Waals surface area contributed by atoms with Gasteiger partial charge in [0.2, 0.25) is 11.8 Å². The highest BCUT2D eigenvalue weighted by atomic mass is 16.2. The third kappa shape index (κ3) is 3.08. The van der Waals surface area contributed by atoms with Gasteiger partial charge in [0.1, 0.15) is 0 Å². The van der Waals surface area contributed by atoms with Gasteiger partial charge in [-0.1, -0.05) is 0 Å². The maximum absolute atomic E-state index is 12.6. The number of fused-ring (bicyclic) bond motifs is 1. The van der Waals surface area contributed by atoms with Crippen LogP contribution in [0.15, 0.2) is 30.6 Å². The van der Waals surface area contributed by atoms with Crippen molar-refractivity contribution in [3.8, 4) is 0 Å². The van der Waals surface area contributed by atoms with Gasteiger partial charge in [0.15, 0.2) is 0 Å². The van der Waals surface area contributed by atoms with Gasteiger partial charge >= 0.3 is 0 Å². The van der Waals surface area contributed by atoms with Crippen molar-refractivity contribution in [2.45, 2.75) is 25.2 Å². The minimum atomic E-state index is -0.169. The van der Waals surface area contributed by atoms with Crippen LogP contribution in [0.4, 0.5) is 0 Å². The van der Waals surface area contributed by atoms with Gasteiger partial charge in [-0.25, -0.2) is 0 Å². The van der Waals surface area contributed by atoms with E-state index in [1.54, 1.807) is 18.1 Å². The molecule has 2 aromatic heterocycles. The van der Waals surface area contributed by atoms with E-state index < -0.39 is 0 Å². The van der Waals surface area contributed by atoms with Crippen molar-refractivity contribution in [3.05, 3.63) is 36.3 Å². The first kappa shape index (κ1) is 16.0. The van der Waals surface area contributed by atoms with Crippen LogP contribution in [0.3, 0.4) is 0 Å². The molecule has 0 spiro atoms. The third-order valence-corrected chi connectivity index (χ3v) is 5.42. The van der Waals surface area contributed by atoms with Gasteiger partial charge in [0.25, 0.3) is 0 Å². The molecule has 0 N–H and O–H groups in total. The number of nitrogens with zero attached hydrogens (tertiary/aromatic N) is 4. The highest BCUT2D eigenvalue weighted by molar-refractivity contribution is 5.89. The van der Waals surface area contributed by atoms with Crippen LogP contribution in [0.2, 0.25) is 0 Å². The Morgan fingerprint density at radius 2 is 2.04 bits per heavy atom. The predicted molar refractivity (Wildman–Crippen MR) is 93.8 cm³/mol. The van der Waals surface area contributed by atoms with E-state index in [1.807, 2.05) is 23.2 Å². The standard InChI is InChI=1S/C19H22N4O2/c1-22-12-15(9-18(22)24)19(25)23-7-4-13(5-8-23)16-10-17-14(11-21-16)3-2-6-20-17/h2-3,6,10-11,13,15H,4-5,7-9,12H2,1H3/t15-/m0/s1. The van der Waals surface area contributed by atoms with E-state index in [9.17, 15) is 9.59 Å². The zero-order chi connectivity index (χ0) is 17.4. The zero-order valence-electron chi connectivity index (χ0n) is 14.4. The molecule has 1 atom stereocenters. The Labute approximate surface area is 146 Å². The average Bonchev–Trinajstić information content (AvgIpc) is 2.99. The molecule has 4 rings (SSSR count). The Morgan fingerprint density at radius 3 is 2.76 bits per heavy atom. The predicted octanol–water partition coefficient (Wildman–Crippen LogP) is 1.81. The molecule has 2 saturated heterocycles. The molecule has 0 bridgehead atoms. The van der Waals surface area contributed by atoms with E-state index in [2.05, 4.69) is 16.0 Å². The number of likely N-dealkylation sites (tertiary alicyclic amines) is 2. The van der Waals surface area contributed by atoms with Crippen LogP contribution in [-0.2, 0) is 9.59 Å². The topological polar surface area (TPSA) is 66.4 Å². The Kier molecular flexibility index (Phi) is 4.11. The molecular weight excluding hydrogens is 316 g/mol. The van der Waals surface area contributed by atoms with Crippen LogP contribution < -0.4 is 0 Å². The van der Waals surface area contributed by atoms with Crippen LogP contribution in [0.1, 0.15) is 30.9 Å². The molecule has 6 heteroatoms. The summed E-state index contributed by atoms with van der Waals surface area (Å²) in [7, 11) is 1.77. The first-order valence-electron chi connectivity index (χ1n) is 8.85. The fourth-order valence-electron chi connectivity index (χ4n) is 3.89. The Hall–Kier alpha value is -2.50. The number of piperidine rings is 1. The number of amides is 2. The number of hydrogen-bond acceptors (Lipinski definition) is 4. The molecule has 25 heavy (non-hydrogen) atoms. The molecule has 0 radical (unpaired) electrons. The van der Waals surface area contributed by atoms with Crippen molar-refractivity contribution in [2.75, 3.05) is 26.7 Å². The lowest BCUT2D eigenvalue weighted by atomic mass is 9.92. The molecule has 0 saturated carbocycles. The van der Waals surface area contributed by atoms with E-state index in [-0.39, 0.29) is 17.7 Å². The van der Waals surface area contributed by atoms with E-state index in [0.29, 0.717) is 18.9 Å². The lowest BCUT2D eigenvalue weighted by Gasteiger charge is -2.33. The number of rotatable bonds is 2. The minimum absolute atomic E-state index is 0.0705. The number of hydrogen-bond donors (Lipinski definition) is 0. The molecule has 2 aromatic rings. The van der Waals surface area contributed by atoms with E-state index in [0.717, 1.165) is 42.5 Å². The van der Waals surface area contributed by atoms with Crippen molar-refractivity contribution in [1.29, 1.82) is 0 Å². The molecule has 6 nitrogen and oxygen atoms in total. The molecule has 2 amide bonds. The van der Waals surface area contributed by atoms with Gasteiger partial charge in [-0.3, -0.25) is 19.6 Å². The van der Waals surface area contributed by atoms with Gasteiger partial charge in [-0.15, -0.1) is 0 Å². The summed E-state index contributed by atoms with van der Waals surface area (Å²) < 4.78 is 0. The first-order valence-corrected chi connectivity index (χ1v) is 8.85. The highest BCUT2D eigenvalue weighted by Gasteiger charge is 2.36. The smallest absolute Gasteiger partial charge is 0.227 e. The number of pyridine rings is 2. The second kappa shape index (κ2) is 6.43. The normalized spacial score (nSPS) is 22.0. The van der Waals surface area contributed by atoms with E-state index in [1.165, 1.54) is 0 Å². The highest BCUT2D eigenvalue weighted by Crippen LogP contribution is 2.29. The summed E-state index contributed by atoms with van der Waals surface area (Å²) in [5.41, 5.74) is 2.03. The minimum Gasteiger partial charge on any atom is -0.345 e. The molecule has 2 fully saturated rings. The molecule has 4 heterocycles. The molecular formula is C19H22N4O2. The van der Waals surface area contributed by atoms with Crippen molar-refractivity contribution in [1.82, 2.24) is 19.8 Å². The van der Waals surface area contributed by atoms with Crippen LogP contribution in [0.25, 0.3) is 10.9 Å². The Bertz CT molecular complexity index is 814. The Morgan fingerprint density at radius 1 is 1.24 bits per heavy atom. The summed E-state index contributed by atoms with van der Waals surface area (Å²) in [6.07, 6.45) is 5.86. The molecule has 0 aliphatic carbocycles. The van der Waals surface area contributed by atoms with Gasteiger partial charge in [-0.2, -0.15) is 0 Å². The molecule has 0 unspecified atom stereocenters. The van der Waals surface area contributed by atoms with Gasteiger partial charge < -0.3 is 9.80 Å². The maximum atomic E-state index is 12.6. The lowest BCUT2D eigenvalue weighted by Crippen LogP contribution is -2.42. The quantitative estimate of drug-likeness (QED) is 0.838. The summed E-state index contributed by atoms with van der Waals surface area (Å²) in [5, 5.41) is 1.05. The van der Waals surface area contributed by atoms with Crippen molar-refractivity contribution >= 4 is 22.7 Å². The zero-order valence-corrected chi connectivity index (χ0v) is 14.4. The fraction of sp³-hybridized carbons (Fsp3) is 0.474. The van der Waals surface area contributed by atoms with Gasteiger partial charge in [0.05, 0.1) is 11.4 Å². The number of carbonyl (C=O) groups is 2. The van der Waals surface area contributed by atoms with E-state index in [4.69, 9.17) is 0 Å². The van der Waals surface area contributed by atoms with Crippen LogP contribution in [-0.4, -0.2) is 58.3 Å².